The van der Waals surface area contributed by atoms with E-state index >= 15 is 0 Å². The first-order valence-corrected chi connectivity index (χ1v) is 9.61. The molecule has 154 valence electrons. The predicted octanol–water partition coefficient (Wildman–Crippen LogP) is 3.34. The summed E-state index contributed by atoms with van der Waals surface area (Å²) in [7, 11) is 0. The topological polar surface area (TPSA) is 109 Å². The summed E-state index contributed by atoms with van der Waals surface area (Å²) in [6.07, 6.45) is 1.78. The molecule has 3 aromatic rings. The number of amides is 1. The van der Waals surface area contributed by atoms with Crippen LogP contribution >= 0.6 is 0 Å². The Morgan fingerprint density at radius 1 is 1.00 bits per heavy atom. The normalized spacial score (nSPS) is 14.6. The number of carbonyl (C=O) groups excluding carboxylic acids is 1. The van der Waals surface area contributed by atoms with Crippen LogP contribution in [0.4, 0.5) is 5.69 Å². The lowest BCUT2D eigenvalue weighted by atomic mass is 9.80. The number of nitro benzene ring substituents is 1. The van der Waals surface area contributed by atoms with Gasteiger partial charge in [-0.2, -0.15) is 10.2 Å². The van der Waals surface area contributed by atoms with Crippen molar-refractivity contribution in [3.05, 3.63) is 112 Å². The molecular weight excluding hydrogens is 394 g/mol. The largest absolute Gasteiger partial charge is 0.294 e. The summed E-state index contributed by atoms with van der Waals surface area (Å²) in [4.78, 5) is 22.9. The first-order chi connectivity index (χ1) is 15.1. The lowest BCUT2D eigenvalue weighted by Gasteiger charge is -2.30. The second kappa shape index (κ2) is 8.58. The number of nitrogens with zero attached hydrogens (tertiary/aromatic N) is 3. The van der Waals surface area contributed by atoms with Gasteiger partial charge in [0.2, 0.25) is 0 Å². The minimum Gasteiger partial charge on any atom is -0.294 e. The van der Waals surface area contributed by atoms with Gasteiger partial charge in [0.15, 0.2) is 0 Å². The molecule has 31 heavy (non-hydrogen) atoms. The second-order valence-corrected chi connectivity index (χ2v) is 7.03. The molecule has 0 spiro atoms. The van der Waals surface area contributed by atoms with E-state index in [-0.39, 0.29) is 5.69 Å². The smallest absolute Gasteiger partial charge is 0.287 e. The van der Waals surface area contributed by atoms with Gasteiger partial charge < -0.3 is 0 Å². The monoisotopic (exact) mass is 413 g/mol. The molecule has 0 bridgehead atoms. The van der Waals surface area contributed by atoms with Crippen LogP contribution in [0.15, 0.2) is 95.1 Å². The number of hydrogen-bond donors (Lipinski definition) is 2. The standard InChI is InChI=1S/C23H19N5O3/c29-22(26-24-16-17-11-13-20(14-12-17)28(30)31)21-15-23(27-25-21,18-7-3-1-4-8-18)19-9-5-2-6-10-19/h1-14,16,27H,15H2,(H,26,29). The summed E-state index contributed by atoms with van der Waals surface area (Å²) in [6, 6.07) is 25.6. The molecule has 8 nitrogen and oxygen atoms in total. The summed E-state index contributed by atoms with van der Waals surface area (Å²) in [5.41, 5.74) is 7.95. The summed E-state index contributed by atoms with van der Waals surface area (Å²) >= 11 is 0. The average molecular weight is 413 g/mol. The number of hydrogen-bond acceptors (Lipinski definition) is 6. The van der Waals surface area contributed by atoms with Crippen LogP contribution in [-0.4, -0.2) is 22.8 Å². The Morgan fingerprint density at radius 3 is 2.13 bits per heavy atom. The number of carbonyl (C=O) groups is 1. The third kappa shape index (κ3) is 4.18. The molecule has 2 N–H and O–H groups in total. The van der Waals surface area contributed by atoms with E-state index in [9.17, 15) is 14.9 Å². The Bertz CT molecular complexity index is 1100. The maximum atomic E-state index is 12.6. The highest BCUT2D eigenvalue weighted by Crippen LogP contribution is 2.36. The molecule has 0 atom stereocenters. The van der Waals surface area contributed by atoms with Gasteiger partial charge in [0.25, 0.3) is 11.6 Å². The van der Waals surface area contributed by atoms with Crippen LogP contribution in [0.1, 0.15) is 23.1 Å². The van der Waals surface area contributed by atoms with E-state index in [0.29, 0.717) is 17.7 Å². The van der Waals surface area contributed by atoms with Crippen molar-refractivity contribution in [2.45, 2.75) is 12.0 Å². The van der Waals surface area contributed by atoms with Gasteiger partial charge in [-0.05, 0) is 28.8 Å². The van der Waals surface area contributed by atoms with E-state index in [4.69, 9.17) is 0 Å². The zero-order valence-electron chi connectivity index (χ0n) is 16.4. The molecule has 0 aromatic heterocycles. The highest BCUT2D eigenvalue weighted by atomic mass is 16.6. The van der Waals surface area contributed by atoms with Gasteiger partial charge in [-0.15, -0.1) is 0 Å². The second-order valence-electron chi connectivity index (χ2n) is 7.03. The van der Waals surface area contributed by atoms with Crippen LogP contribution in [0, 0.1) is 10.1 Å². The number of benzene rings is 3. The zero-order valence-corrected chi connectivity index (χ0v) is 16.4. The van der Waals surface area contributed by atoms with Crippen molar-refractivity contribution >= 4 is 23.5 Å². The fourth-order valence-electron chi connectivity index (χ4n) is 3.48. The van der Waals surface area contributed by atoms with Crippen LogP contribution in [0.5, 0.6) is 0 Å². The average Bonchev–Trinajstić information content (AvgIpc) is 3.27. The predicted molar refractivity (Wildman–Crippen MR) is 118 cm³/mol. The first kappa shape index (κ1) is 20.0. The quantitative estimate of drug-likeness (QED) is 0.367. The Balaban J connectivity index is 1.48. The summed E-state index contributed by atoms with van der Waals surface area (Å²) in [5.74, 6) is -0.417. The van der Waals surface area contributed by atoms with Crippen molar-refractivity contribution < 1.29 is 9.72 Å². The Kier molecular flexibility index (Phi) is 5.53. The van der Waals surface area contributed by atoms with Crippen molar-refractivity contribution in [3.8, 4) is 0 Å². The van der Waals surface area contributed by atoms with Crippen LogP contribution in [-0.2, 0) is 10.3 Å². The Morgan fingerprint density at radius 2 is 1.58 bits per heavy atom. The summed E-state index contributed by atoms with van der Waals surface area (Å²) in [5, 5.41) is 19.0. The van der Waals surface area contributed by atoms with E-state index in [2.05, 4.69) is 21.1 Å². The molecular formula is C23H19N5O3. The third-order valence-electron chi connectivity index (χ3n) is 5.09. The lowest BCUT2D eigenvalue weighted by Crippen LogP contribution is -2.38. The molecule has 1 amide bonds. The Labute approximate surface area is 178 Å². The van der Waals surface area contributed by atoms with Gasteiger partial charge >= 0.3 is 0 Å². The van der Waals surface area contributed by atoms with Gasteiger partial charge in [-0.25, -0.2) is 5.43 Å². The maximum Gasteiger partial charge on any atom is 0.287 e. The molecule has 0 radical (unpaired) electrons. The molecule has 4 rings (SSSR count). The number of rotatable bonds is 6. The molecule has 8 heteroatoms. The molecule has 3 aromatic carbocycles. The molecule has 1 aliphatic heterocycles. The Hall–Kier alpha value is -4.33. The first-order valence-electron chi connectivity index (χ1n) is 9.61. The van der Waals surface area contributed by atoms with E-state index in [0.717, 1.165) is 11.1 Å². The molecule has 0 saturated carbocycles. The van der Waals surface area contributed by atoms with Crippen LogP contribution in [0.25, 0.3) is 0 Å². The number of hydrazone groups is 2. The molecule has 0 fully saturated rings. The van der Waals surface area contributed by atoms with E-state index in [1.54, 1.807) is 12.1 Å². The van der Waals surface area contributed by atoms with E-state index in [1.807, 2.05) is 60.7 Å². The number of non-ortho nitro benzene ring substituents is 1. The van der Waals surface area contributed by atoms with Gasteiger partial charge in [0, 0.05) is 18.6 Å². The van der Waals surface area contributed by atoms with Gasteiger partial charge in [0.05, 0.1) is 11.1 Å². The molecule has 0 unspecified atom stereocenters. The van der Waals surface area contributed by atoms with Gasteiger partial charge in [-0.1, -0.05) is 60.7 Å². The minimum atomic E-state index is -0.642. The molecule has 0 aliphatic carbocycles. The number of nitro groups is 1. The van der Waals surface area contributed by atoms with E-state index in [1.165, 1.54) is 18.3 Å². The zero-order chi connectivity index (χ0) is 21.7. The number of nitrogens with one attached hydrogen (secondary N) is 2. The van der Waals surface area contributed by atoms with Crippen LogP contribution in [0.2, 0.25) is 0 Å². The molecule has 0 saturated heterocycles. The third-order valence-corrected chi connectivity index (χ3v) is 5.09. The minimum absolute atomic E-state index is 0.00858. The van der Waals surface area contributed by atoms with Crippen molar-refractivity contribution in [1.29, 1.82) is 0 Å². The van der Waals surface area contributed by atoms with E-state index < -0.39 is 16.4 Å². The van der Waals surface area contributed by atoms with Crippen molar-refractivity contribution in [1.82, 2.24) is 10.9 Å². The maximum absolute atomic E-state index is 12.6. The fraction of sp³-hybridized carbons (Fsp3) is 0.0870. The van der Waals surface area contributed by atoms with Crippen molar-refractivity contribution in [2.24, 2.45) is 10.2 Å². The lowest BCUT2D eigenvalue weighted by molar-refractivity contribution is -0.384. The highest BCUT2D eigenvalue weighted by Gasteiger charge is 2.41. The summed E-state index contributed by atoms with van der Waals surface area (Å²) in [6.45, 7) is 0. The molecule has 1 heterocycles. The SMILES string of the molecule is O=C(NN=Cc1ccc([N+](=O)[O-])cc1)C1=NNC(c2ccccc2)(c2ccccc2)C1. The van der Waals surface area contributed by atoms with Crippen molar-refractivity contribution in [3.63, 3.8) is 0 Å². The fourth-order valence-corrected chi connectivity index (χ4v) is 3.48. The van der Waals surface area contributed by atoms with Crippen LogP contribution < -0.4 is 10.9 Å². The van der Waals surface area contributed by atoms with Gasteiger partial charge in [0.1, 0.15) is 11.3 Å². The van der Waals surface area contributed by atoms with Crippen LogP contribution in [0.3, 0.4) is 0 Å². The summed E-state index contributed by atoms with van der Waals surface area (Å²) < 4.78 is 0. The van der Waals surface area contributed by atoms with Crippen molar-refractivity contribution in [2.75, 3.05) is 0 Å². The highest BCUT2D eigenvalue weighted by molar-refractivity contribution is 6.39. The molecule has 1 aliphatic rings. The van der Waals surface area contributed by atoms with Gasteiger partial charge in [-0.3, -0.25) is 20.3 Å².